The van der Waals surface area contributed by atoms with Gasteiger partial charge >= 0.3 is 5.63 Å². The molecule has 2 N–H and O–H groups in total. The fourth-order valence-electron chi connectivity index (χ4n) is 2.57. The Hall–Kier alpha value is -2.66. The van der Waals surface area contributed by atoms with Gasteiger partial charge in [0, 0.05) is 28.6 Å². The molecule has 0 saturated heterocycles. The van der Waals surface area contributed by atoms with Crippen molar-refractivity contribution in [2.75, 3.05) is 12.4 Å². The minimum absolute atomic E-state index is 0.0901. The van der Waals surface area contributed by atoms with Gasteiger partial charge in [0.05, 0.1) is 12.8 Å². The Bertz CT molecular complexity index is 965. The number of aryl methyl sites for hydroxylation is 1. The average Bonchev–Trinajstić information content (AvgIpc) is 2.56. The smallest absolute Gasteiger partial charge is 0.336 e. The van der Waals surface area contributed by atoms with E-state index in [9.17, 15) is 9.90 Å². The van der Waals surface area contributed by atoms with Gasteiger partial charge in [0.2, 0.25) is 0 Å². The molecular weight excluding hydrogens is 330 g/mol. The number of hydrogen-bond acceptors (Lipinski definition) is 5. The van der Waals surface area contributed by atoms with E-state index in [-0.39, 0.29) is 5.75 Å². The topological polar surface area (TPSA) is 71.7 Å². The van der Waals surface area contributed by atoms with Crippen LogP contribution in [0.2, 0.25) is 5.02 Å². The second-order valence-electron chi connectivity index (χ2n) is 5.38. The van der Waals surface area contributed by atoms with Crippen molar-refractivity contribution in [3.63, 3.8) is 0 Å². The summed E-state index contributed by atoms with van der Waals surface area (Å²) in [5.74, 6) is 0.743. The summed E-state index contributed by atoms with van der Waals surface area (Å²) in [6.07, 6.45) is 0. The molecule has 1 aromatic heterocycles. The van der Waals surface area contributed by atoms with Gasteiger partial charge in [-0.3, -0.25) is 0 Å². The number of anilines is 1. The minimum Gasteiger partial charge on any atom is -0.508 e. The largest absolute Gasteiger partial charge is 0.508 e. The van der Waals surface area contributed by atoms with E-state index in [4.69, 9.17) is 20.8 Å². The number of fused-ring (bicyclic) bond motifs is 1. The summed E-state index contributed by atoms with van der Waals surface area (Å²) in [6.45, 7) is 2.08. The number of rotatable bonds is 4. The van der Waals surface area contributed by atoms with Gasteiger partial charge in [0.25, 0.3) is 0 Å². The van der Waals surface area contributed by atoms with Gasteiger partial charge in [-0.25, -0.2) is 4.79 Å². The number of ether oxygens (including phenoxy) is 1. The second kappa shape index (κ2) is 6.45. The zero-order chi connectivity index (χ0) is 17.3. The molecule has 0 fully saturated rings. The molecule has 124 valence electrons. The highest BCUT2D eigenvalue weighted by Crippen LogP contribution is 2.30. The predicted octanol–water partition coefficient (Wildman–Crippen LogP) is 4.08. The molecule has 3 rings (SSSR count). The van der Waals surface area contributed by atoms with Gasteiger partial charge in [0.15, 0.2) is 0 Å². The molecule has 2 aromatic carbocycles. The van der Waals surface area contributed by atoms with Crippen LogP contribution in [0.4, 0.5) is 5.69 Å². The van der Waals surface area contributed by atoms with Crippen LogP contribution in [0.15, 0.2) is 45.6 Å². The highest BCUT2D eigenvalue weighted by molar-refractivity contribution is 6.30. The van der Waals surface area contributed by atoms with E-state index in [1.165, 1.54) is 6.07 Å². The van der Waals surface area contributed by atoms with Crippen molar-refractivity contribution >= 4 is 28.3 Å². The van der Waals surface area contributed by atoms with Crippen LogP contribution in [0.1, 0.15) is 11.1 Å². The number of hydrogen-bond donors (Lipinski definition) is 2. The predicted molar refractivity (Wildman–Crippen MR) is 94.2 cm³/mol. The van der Waals surface area contributed by atoms with Crippen LogP contribution in [-0.4, -0.2) is 12.2 Å². The summed E-state index contributed by atoms with van der Waals surface area (Å²) >= 11 is 6.03. The van der Waals surface area contributed by atoms with E-state index in [2.05, 4.69) is 5.32 Å². The molecule has 1 heterocycles. The Kier molecular flexibility index (Phi) is 4.36. The maximum absolute atomic E-state index is 11.8. The Morgan fingerprint density at radius 3 is 2.79 bits per heavy atom. The zero-order valence-electron chi connectivity index (χ0n) is 13.2. The first-order valence-corrected chi connectivity index (χ1v) is 7.70. The van der Waals surface area contributed by atoms with Crippen molar-refractivity contribution in [1.82, 2.24) is 0 Å². The molecule has 0 spiro atoms. The summed E-state index contributed by atoms with van der Waals surface area (Å²) in [4.78, 5) is 11.8. The minimum atomic E-state index is -0.467. The fraction of sp³-hybridized carbons (Fsp3) is 0.167. The van der Waals surface area contributed by atoms with Crippen LogP contribution in [0, 0.1) is 6.92 Å². The number of aromatic hydroxyl groups is 1. The summed E-state index contributed by atoms with van der Waals surface area (Å²) < 4.78 is 10.5. The van der Waals surface area contributed by atoms with Gasteiger partial charge in [0.1, 0.15) is 17.1 Å². The Morgan fingerprint density at radius 1 is 1.25 bits per heavy atom. The third-order valence-corrected chi connectivity index (χ3v) is 4.08. The first kappa shape index (κ1) is 16.2. The standard InChI is InChI=1S/C18H16ClNO4/c1-10-15(21)5-4-13-11(7-17(22)24-18(10)13)9-20-14-8-12(19)3-6-16(14)23-2/h3-8,20-21H,9H2,1-2H3. The van der Waals surface area contributed by atoms with Crippen LogP contribution in [-0.2, 0) is 6.54 Å². The van der Waals surface area contributed by atoms with Crippen molar-refractivity contribution in [3.05, 3.63) is 63.0 Å². The fourth-order valence-corrected chi connectivity index (χ4v) is 2.74. The van der Waals surface area contributed by atoms with Gasteiger partial charge < -0.3 is 19.6 Å². The molecule has 0 atom stereocenters. The molecular formula is C18H16ClNO4. The zero-order valence-corrected chi connectivity index (χ0v) is 14.0. The second-order valence-corrected chi connectivity index (χ2v) is 5.81. The molecule has 6 heteroatoms. The summed E-state index contributed by atoms with van der Waals surface area (Å²) in [5, 5.41) is 14.4. The van der Waals surface area contributed by atoms with Crippen molar-refractivity contribution in [1.29, 1.82) is 0 Å². The Morgan fingerprint density at radius 2 is 2.04 bits per heavy atom. The van der Waals surface area contributed by atoms with Crippen LogP contribution in [0.3, 0.4) is 0 Å². The third-order valence-electron chi connectivity index (χ3n) is 3.85. The van der Waals surface area contributed by atoms with Crippen LogP contribution < -0.4 is 15.7 Å². The number of methoxy groups -OCH3 is 1. The van der Waals surface area contributed by atoms with E-state index in [0.717, 1.165) is 16.6 Å². The molecule has 5 nitrogen and oxygen atoms in total. The Balaban J connectivity index is 2.01. The number of nitrogens with one attached hydrogen (secondary N) is 1. The number of phenols is 1. The number of halogens is 1. The van der Waals surface area contributed by atoms with E-state index in [1.807, 2.05) is 0 Å². The molecule has 0 aliphatic heterocycles. The lowest BCUT2D eigenvalue weighted by Gasteiger charge is -2.13. The van der Waals surface area contributed by atoms with Crippen LogP contribution in [0.25, 0.3) is 11.0 Å². The molecule has 0 bridgehead atoms. The molecule has 0 saturated carbocycles. The van der Waals surface area contributed by atoms with Gasteiger partial charge in [-0.2, -0.15) is 0 Å². The molecule has 0 aliphatic rings. The first-order valence-electron chi connectivity index (χ1n) is 7.32. The van der Waals surface area contributed by atoms with Crippen molar-refractivity contribution in [3.8, 4) is 11.5 Å². The molecule has 24 heavy (non-hydrogen) atoms. The van der Waals surface area contributed by atoms with Crippen LogP contribution >= 0.6 is 11.6 Å². The van der Waals surface area contributed by atoms with E-state index >= 15 is 0 Å². The molecule has 3 aromatic rings. The third kappa shape index (κ3) is 3.03. The van der Waals surface area contributed by atoms with E-state index < -0.39 is 5.63 Å². The summed E-state index contributed by atoms with van der Waals surface area (Å²) in [7, 11) is 1.58. The Labute approximate surface area is 143 Å². The number of phenolic OH excluding ortho intramolecular Hbond substituents is 1. The summed E-state index contributed by atoms with van der Waals surface area (Å²) in [6, 6.07) is 10.0. The highest BCUT2D eigenvalue weighted by atomic mass is 35.5. The lowest BCUT2D eigenvalue weighted by molar-refractivity contribution is 0.416. The van der Waals surface area contributed by atoms with Crippen molar-refractivity contribution in [2.45, 2.75) is 13.5 Å². The van der Waals surface area contributed by atoms with Gasteiger partial charge in [-0.1, -0.05) is 11.6 Å². The molecule has 0 aliphatic carbocycles. The lowest BCUT2D eigenvalue weighted by Crippen LogP contribution is -2.07. The van der Waals surface area contributed by atoms with E-state index in [1.54, 1.807) is 44.4 Å². The molecule has 0 unspecified atom stereocenters. The number of benzene rings is 2. The first-order chi connectivity index (χ1) is 11.5. The molecule has 0 radical (unpaired) electrons. The summed E-state index contributed by atoms with van der Waals surface area (Å²) in [5.41, 5.74) is 1.93. The normalized spacial score (nSPS) is 10.8. The highest BCUT2D eigenvalue weighted by Gasteiger charge is 2.11. The maximum atomic E-state index is 11.8. The van der Waals surface area contributed by atoms with Crippen molar-refractivity contribution < 1.29 is 14.3 Å². The monoisotopic (exact) mass is 345 g/mol. The van der Waals surface area contributed by atoms with Crippen LogP contribution in [0.5, 0.6) is 11.5 Å². The van der Waals surface area contributed by atoms with Gasteiger partial charge in [-0.15, -0.1) is 0 Å². The SMILES string of the molecule is COc1ccc(Cl)cc1NCc1cc(=O)oc2c(C)c(O)ccc12. The quantitative estimate of drug-likeness (QED) is 0.697. The molecule has 0 amide bonds. The lowest BCUT2D eigenvalue weighted by atomic mass is 10.1. The average molecular weight is 346 g/mol. The van der Waals surface area contributed by atoms with E-state index in [0.29, 0.717) is 28.5 Å². The van der Waals surface area contributed by atoms with Gasteiger partial charge in [-0.05, 0) is 42.8 Å². The van der Waals surface area contributed by atoms with Crippen molar-refractivity contribution in [2.24, 2.45) is 0 Å². The maximum Gasteiger partial charge on any atom is 0.336 e.